The normalized spacial score (nSPS) is 26.8. The molecule has 0 saturated heterocycles. The first-order valence-electron chi connectivity index (χ1n) is 3.77. The number of nitrogens with zero attached hydrogens (tertiary/aromatic N) is 1. The van der Waals surface area contributed by atoms with Gasteiger partial charge < -0.3 is 10.2 Å². The van der Waals surface area contributed by atoms with Gasteiger partial charge in [-0.15, -0.1) is 0 Å². The molecule has 1 aromatic heterocycles. The second-order valence-electron chi connectivity index (χ2n) is 2.80. The minimum atomic E-state index is -0.812. The van der Waals surface area contributed by atoms with Gasteiger partial charge >= 0.3 is 0 Å². The zero-order valence-electron chi connectivity index (χ0n) is 6.38. The highest BCUT2D eigenvalue weighted by Gasteiger charge is 2.21. The molecule has 0 aliphatic heterocycles. The Morgan fingerprint density at radius 1 is 1.33 bits per heavy atom. The fourth-order valence-electron chi connectivity index (χ4n) is 1.32. The van der Waals surface area contributed by atoms with E-state index < -0.39 is 12.2 Å². The minimum absolute atomic E-state index is 0.736. The van der Waals surface area contributed by atoms with E-state index in [9.17, 15) is 10.2 Å². The zero-order chi connectivity index (χ0) is 8.55. The molecule has 62 valence electrons. The molecule has 0 aromatic carbocycles. The van der Waals surface area contributed by atoms with Crippen LogP contribution >= 0.6 is 0 Å². The zero-order valence-corrected chi connectivity index (χ0v) is 6.38. The topological polar surface area (TPSA) is 53.4 Å². The average Bonchev–Trinajstić information content (AvgIpc) is 2.12. The molecule has 1 aliphatic carbocycles. The average molecular weight is 163 g/mol. The molecular weight excluding hydrogens is 154 g/mol. The van der Waals surface area contributed by atoms with Crippen LogP contribution in [0.2, 0.25) is 0 Å². The SMILES string of the molecule is OC1C=Cc2cnccc2C1O. The number of rotatable bonds is 0. The standard InChI is InChI=1S/C9H9NO2/c11-8-2-1-6-5-10-4-3-7(6)9(8)12/h1-5,8-9,11-12H. The molecule has 0 bridgehead atoms. The molecule has 12 heavy (non-hydrogen) atoms. The molecule has 1 aliphatic rings. The van der Waals surface area contributed by atoms with Crippen LogP contribution < -0.4 is 0 Å². The summed E-state index contributed by atoms with van der Waals surface area (Å²) in [4.78, 5) is 3.91. The van der Waals surface area contributed by atoms with Crippen LogP contribution in [0.5, 0.6) is 0 Å². The predicted molar refractivity (Wildman–Crippen MR) is 44.2 cm³/mol. The number of fused-ring (bicyclic) bond motifs is 1. The van der Waals surface area contributed by atoms with Crippen LogP contribution in [-0.4, -0.2) is 21.3 Å². The van der Waals surface area contributed by atoms with Crippen molar-refractivity contribution in [3.63, 3.8) is 0 Å². The number of aliphatic hydroxyl groups excluding tert-OH is 2. The first kappa shape index (κ1) is 7.46. The van der Waals surface area contributed by atoms with Gasteiger partial charge in [0, 0.05) is 12.4 Å². The van der Waals surface area contributed by atoms with Crippen molar-refractivity contribution in [1.29, 1.82) is 0 Å². The second-order valence-corrected chi connectivity index (χ2v) is 2.80. The molecule has 0 saturated carbocycles. The first-order chi connectivity index (χ1) is 5.79. The summed E-state index contributed by atoms with van der Waals surface area (Å²) >= 11 is 0. The van der Waals surface area contributed by atoms with Gasteiger partial charge in [-0.2, -0.15) is 0 Å². The maximum absolute atomic E-state index is 9.50. The third-order valence-corrected chi connectivity index (χ3v) is 2.00. The maximum Gasteiger partial charge on any atom is 0.109 e. The second kappa shape index (κ2) is 2.69. The number of hydrogen-bond acceptors (Lipinski definition) is 3. The molecule has 2 rings (SSSR count). The Bertz CT molecular complexity index is 322. The van der Waals surface area contributed by atoms with Crippen molar-refractivity contribution < 1.29 is 10.2 Å². The maximum atomic E-state index is 9.50. The van der Waals surface area contributed by atoms with E-state index in [1.165, 1.54) is 0 Å². The molecule has 0 radical (unpaired) electrons. The van der Waals surface area contributed by atoms with Crippen molar-refractivity contribution in [2.75, 3.05) is 0 Å². The highest BCUT2D eigenvalue weighted by atomic mass is 16.3. The Morgan fingerprint density at radius 2 is 2.17 bits per heavy atom. The molecule has 0 spiro atoms. The van der Waals surface area contributed by atoms with E-state index in [4.69, 9.17) is 0 Å². The van der Waals surface area contributed by atoms with Crippen molar-refractivity contribution >= 4 is 6.08 Å². The van der Waals surface area contributed by atoms with E-state index in [1.54, 1.807) is 30.6 Å². The van der Waals surface area contributed by atoms with Crippen LogP contribution in [0.3, 0.4) is 0 Å². The van der Waals surface area contributed by atoms with E-state index >= 15 is 0 Å². The van der Waals surface area contributed by atoms with E-state index in [1.807, 2.05) is 0 Å². The van der Waals surface area contributed by atoms with Crippen LogP contribution in [0.15, 0.2) is 24.5 Å². The van der Waals surface area contributed by atoms with E-state index in [2.05, 4.69) is 4.98 Å². The summed E-state index contributed by atoms with van der Waals surface area (Å²) in [6.45, 7) is 0. The van der Waals surface area contributed by atoms with Gasteiger partial charge in [0.15, 0.2) is 0 Å². The molecule has 1 heterocycles. The Morgan fingerprint density at radius 3 is 3.00 bits per heavy atom. The lowest BCUT2D eigenvalue weighted by Gasteiger charge is -2.20. The summed E-state index contributed by atoms with van der Waals surface area (Å²) in [5, 5.41) is 18.8. The Hall–Kier alpha value is -1.19. The number of pyridine rings is 1. The fourth-order valence-corrected chi connectivity index (χ4v) is 1.32. The fraction of sp³-hybridized carbons (Fsp3) is 0.222. The van der Waals surface area contributed by atoms with Crippen molar-refractivity contribution in [3.05, 3.63) is 35.7 Å². The molecule has 2 unspecified atom stereocenters. The van der Waals surface area contributed by atoms with E-state index in [0.717, 1.165) is 11.1 Å². The molecular formula is C9H9NO2. The summed E-state index contributed by atoms with van der Waals surface area (Å²) in [7, 11) is 0. The van der Waals surface area contributed by atoms with Gasteiger partial charge in [-0.3, -0.25) is 4.98 Å². The van der Waals surface area contributed by atoms with Gasteiger partial charge in [-0.05, 0) is 17.2 Å². The van der Waals surface area contributed by atoms with Gasteiger partial charge in [0.25, 0.3) is 0 Å². The van der Waals surface area contributed by atoms with Crippen LogP contribution in [0.4, 0.5) is 0 Å². The molecule has 3 nitrogen and oxygen atoms in total. The molecule has 1 aromatic rings. The third kappa shape index (κ3) is 1.03. The molecule has 0 amide bonds. The van der Waals surface area contributed by atoms with Gasteiger partial charge in [-0.1, -0.05) is 12.2 Å². The Kier molecular flexibility index (Phi) is 1.67. The molecule has 2 N–H and O–H groups in total. The van der Waals surface area contributed by atoms with Crippen molar-refractivity contribution in [1.82, 2.24) is 4.98 Å². The van der Waals surface area contributed by atoms with Gasteiger partial charge in [0.05, 0.1) is 0 Å². The van der Waals surface area contributed by atoms with Gasteiger partial charge in [0.2, 0.25) is 0 Å². The largest absolute Gasteiger partial charge is 0.386 e. The quantitative estimate of drug-likeness (QED) is 0.585. The van der Waals surface area contributed by atoms with Crippen LogP contribution in [0.1, 0.15) is 17.2 Å². The Balaban J connectivity index is 2.52. The number of aliphatic hydroxyl groups is 2. The van der Waals surface area contributed by atoms with Crippen LogP contribution in [-0.2, 0) is 0 Å². The van der Waals surface area contributed by atoms with Crippen LogP contribution in [0, 0.1) is 0 Å². The summed E-state index contributed by atoms with van der Waals surface area (Å²) < 4.78 is 0. The van der Waals surface area contributed by atoms with Crippen molar-refractivity contribution in [2.24, 2.45) is 0 Å². The van der Waals surface area contributed by atoms with Crippen LogP contribution in [0.25, 0.3) is 6.08 Å². The van der Waals surface area contributed by atoms with Crippen molar-refractivity contribution in [3.8, 4) is 0 Å². The lowest BCUT2D eigenvalue weighted by atomic mass is 9.95. The first-order valence-corrected chi connectivity index (χ1v) is 3.77. The number of hydrogen-bond donors (Lipinski definition) is 2. The molecule has 0 fully saturated rings. The third-order valence-electron chi connectivity index (χ3n) is 2.00. The van der Waals surface area contributed by atoms with Gasteiger partial charge in [0.1, 0.15) is 12.2 Å². The lowest BCUT2D eigenvalue weighted by Crippen LogP contribution is -2.19. The summed E-state index contributed by atoms with van der Waals surface area (Å²) in [6.07, 6.45) is 5.00. The smallest absolute Gasteiger partial charge is 0.109 e. The molecule has 3 heteroatoms. The van der Waals surface area contributed by atoms with Gasteiger partial charge in [-0.25, -0.2) is 0 Å². The van der Waals surface area contributed by atoms with E-state index in [0.29, 0.717) is 0 Å². The minimum Gasteiger partial charge on any atom is -0.386 e. The highest BCUT2D eigenvalue weighted by Crippen LogP contribution is 2.26. The highest BCUT2D eigenvalue weighted by molar-refractivity contribution is 5.56. The van der Waals surface area contributed by atoms with Crippen molar-refractivity contribution in [2.45, 2.75) is 12.2 Å². The van der Waals surface area contributed by atoms with E-state index in [-0.39, 0.29) is 0 Å². The summed E-state index contributed by atoms with van der Waals surface area (Å²) in [5.74, 6) is 0. The Labute approximate surface area is 70.0 Å². The molecule has 2 atom stereocenters. The predicted octanol–water partition coefficient (Wildman–Crippen LogP) is 0.503. The lowest BCUT2D eigenvalue weighted by molar-refractivity contribution is 0.0469. The summed E-state index contributed by atoms with van der Waals surface area (Å²) in [6, 6.07) is 1.72. The number of aromatic nitrogens is 1. The monoisotopic (exact) mass is 163 g/mol. The summed E-state index contributed by atoms with van der Waals surface area (Å²) in [5.41, 5.74) is 1.61.